The van der Waals surface area contributed by atoms with Crippen LogP contribution in [0.4, 0.5) is 4.39 Å². The Bertz CT molecular complexity index is 1860. The normalized spacial score (nSPS) is 13.8. The molecule has 6 rings (SSSR count). The van der Waals surface area contributed by atoms with Crippen molar-refractivity contribution in [1.82, 2.24) is 14.5 Å². The summed E-state index contributed by atoms with van der Waals surface area (Å²) in [6.07, 6.45) is 1.99. The minimum Gasteiger partial charge on any atom is -0.533 e. The van der Waals surface area contributed by atoms with Crippen molar-refractivity contribution in [1.29, 1.82) is 0 Å². The van der Waals surface area contributed by atoms with Crippen LogP contribution >= 0.6 is 11.6 Å². The number of H-pyrrole nitrogens is 1. The van der Waals surface area contributed by atoms with E-state index in [9.17, 15) is 9.59 Å². The van der Waals surface area contributed by atoms with E-state index in [2.05, 4.69) is 50.0 Å². The molecular formula is C33H31ClFN3O3Si. The van der Waals surface area contributed by atoms with Crippen LogP contribution in [0.3, 0.4) is 0 Å². The van der Waals surface area contributed by atoms with Crippen LogP contribution in [-0.4, -0.2) is 22.9 Å². The zero-order valence-electron chi connectivity index (χ0n) is 23.7. The fourth-order valence-electron chi connectivity index (χ4n) is 5.72. The molecule has 1 aliphatic carbocycles. The van der Waals surface area contributed by atoms with Crippen molar-refractivity contribution in [2.24, 2.45) is 5.92 Å². The van der Waals surface area contributed by atoms with Crippen molar-refractivity contribution < 1.29 is 8.82 Å². The molecule has 1 aliphatic rings. The first-order chi connectivity index (χ1) is 20.1. The molecule has 5 aromatic rings. The zero-order valence-corrected chi connectivity index (χ0v) is 25.4. The maximum absolute atomic E-state index is 16.0. The van der Waals surface area contributed by atoms with Crippen molar-refractivity contribution in [3.05, 3.63) is 117 Å². The number of nitrogens with zero attached hydrogens (tertiary/aromatic N) is 2. The van der Waals surface area contributed by atoms with Gasteiger partial charge in [0.1, 0.15) is 17.2 Å². The number of nitrogens with one attached hydrogen (secondary N) is 1. The lowest BCUT2D eigenvalue weighted by Gasteiger charge is -2.43. The number of hydrogen-bond donors (Lipinski definition) is 1. The van der Waals surface area contributed by atoms with Gasteiger partial charge in [0.25, 0.3) is 5.56 Å². The highest BCUT2D eigenvalue weighted by Gasteiger charge is 2.52. The molecule has 0 aliphatic heterocycles. The van der Waals surface area contributed by atoms with Crippen LogP contribution in [0, 0.1) is 11.7 Å². The highest BCUT2D eigenvalue weighted by Crippen LogP contribution is 2.42. The molecule has 0 atom stereocenters. The molecule has 0 unspecified atom stereocenters. The first-order valence-corrected chi connectivity index (χ1v) is 16.3. The fraction of sp³-hybridized carbons (Fsp3) is 0.242. The minimum atomic E-state index is -3.14. The predicted molar refractivity (Wildman–Crippen MR) is 168 cm³/mol. The molecule has 214 valence electrons. The highest BCUT2D eigenvalue weighted by atomic mass is 35.5. The molecule has 0 bridgehead atoms. The van der Waals surface area contributed by atoms with E-state index >= 15 is 4.39 Å². The van der Waals surface area contributed by atoms with Crippen molar-refractivity contribution in [3.63, 3.8) is 0 Å². The summed E-state index contributed by atoms with van der Waals surface area (Å²) in [5, 5.41) is 1.94. The van der Waals surface area contributed by atoms with Gasteiger partial charge in [-0.2, -0.15) is 0 Å². The second-order valence-corrected chi connectivity index (χ2v) is 16.5. The number of aromatic amines is 1. The second-order valence-electron chi connectivity index (χ2n) is 11.9. The molecular weight excluding hydrogens is 569 g/mol. The highest BCUT2D eigenvalue weighted by molar-refractivity contribution is 7.00. The van der Waals surface area contributed by atoms with Crippen LogP contribution in [0.2, 0.25) is 10.1 Å². The third kappa shape index (κ3) is 4.88. The van der Waals surface area contributed by atoms with Gasteiger partial charge >= 0.3 is 14.0 Å². The maximum Gasteiger partial charge on any atom is 0.330 e. The molecule has 42 heavy (non-hydrogen) atoms. The number of halogens is 2. The Morgan fingerprint density at radius 3 is 2.17 bits per heavy atom. The average molecular weight is 600 g/mol. The smallest absolute Gasteiger partial charge is 0.330 e. The van der Waals surface area contributed by atoms with Crippen LogP contribution in [0.25, 0.3) is 22.3 Å². The molecule has 0 spiro atoms. The summed E-state index contributed by atoms with van der Waals surface area (Å²) in [6.45, 7) is 6.84. The maximum atomic E-state index is 16.0. The zero-order chi connectivity index (χ0) is 29.6. The van der Waals surface area contributed by atoms with E-state index in [1.807, 2.05) is 36.4 Å². The van der Waals surface area contributed by atoms with Crippen molar-refractivity contribution >= 4 is 41.3 Å². The van der Waals surface area contributed by atoms with Crippen LogP contribution in [0.5, 0.6) is 5.75 Å². The summed E-state index contributed by atoms with van der Waals surface area (Å²) in [5.74, 6) is 0.0549. The van der Waals surface area contributed by atoms with E-state index < -0.39 is 25.4 Å². The fourth-order valence-corrected chi connectivity index (χ4v) is 10.4. The molecule has 0 radical (unpaired) electrons. The van der Waals surface area contributed by atoms with Gasteiger partial charge in [0, 0.05) is 6.54 Å². The summed E-state index contributed by atoms with van der Waals surface area (Å²) in [6, 6.07) is 26.3. The van der Waals surface area contributed by atoms with Crippen LogP contribution in [-0.2, 0) is 6.54 Å². The topological polar surface area (TPSA) is 77.0 Å². The lowest BCUT2D eigenvalue weighted by atomic mass is 10.1. The summed E-state index contributed by atoms with van der Waals surface area (Å²) < 4.78 is 24.6. The summed E-state index contributed by atoms with van der Waals surface area (Å²) >= 11 is 6.75. The number of rotatable bonds is 7. The minimum absolute atomic E-state index is 0.0852. The Labute approximate surface area is 248 Å². The Kier molecular flexibility index (Phi) is 7.15. The molecule has 1 fully saturated rings. The lowest BCUT2D eigenvalue weighted by Crippen LogP contribution is -2.68. The number of benzene rings is 3. The molecule has 2 aromatic heterocycles. The largest absolute Gasteiger partial charge is 0.533 e. The van der Waals surface area contributed by atoms with E-state index in [1.165, 1.54) is 16.7 Å². The number of pyridine rings is 1. The van der Waals surface area contributed by atoms with Gasteiger partial charge in [-0.15, -0.1) is 0 Å². The first kappa shape index (κ1) is 28.1. The monoisotopic (exact) mass is 599 g/mol. The van der Waals surface area contributed by atoms with Crippen LogP contribution in [0.15, 0.2) is 94.5 Å². The van der Waals surface area contributed by atoms with Gasteiger partial charge in [-0.1, -0.05) is 99.1 Å². The van der Waals surface area contributed by atoms with Crippen molar-refractivity contribution in [2.45, 2.75) is 45.2 Å². The van der Waals surface area contributed by atoms with E-state index in [4.69, 9.17) is 21.0 Å². The number of fused-ring (bicyclic) bond motifs is 1. The third-order valence-corrected chi connectivity index (χ3v) is 13.2. The molecule has 0 amide bonds. The Morgan fingerprint density at radius 2 is 1.60 bits per heavy atom. The average Bonchev–Trinajstić information content (AvgIpc) is 3.79. The van der Waals surface area contributed by atoms with Crippen molar-refractivity contribution in [3.8, 4) is 17.0 Å². The molecule has 0 saturated heterocycles. The van der Waals surface area contributed by atoms with Gasteiger partial charge in [0.15, 0.2) is 0 Å². The molecule has 9 heteroatoms. The number of aromatic nitrogens is 3. The Hall–Kier alpha value is -4.01. The molecule has 6 nitrogen and oxygen atoms in total. The Balaban J connectivity index is 1.61. The standard InChI is InChI=1S/C33H31ClFN3O3Si/c1-33(2,3)42(22-11-6-4-7-12-22,23-13-8-5-9-14-23)41-27-16-10-15-26(35)28(27)29-25(34)19-24-30(36-29)38(20-21-17-18-21)32(40)37-31(24)39/h4-16,19,21H,17-18,20H2,1-3H3,(H,37,39,40). The molecule has 1 saturated carbocycles. The summed E-state index contributed by atoms with van der Waals surface area (Å²) in [5.41, 5.74) is -0.750. The molecule has 1 N–H and O–H groups in total. The molecule has 3 aromatic carbocycles. The molecule has 2 heterocycles. The lowest BCUT2D eigenvalue weighted by molar-refractivity contribution is 0.504. The van der Waals surface area contributed by atoms with E-state index in [0.29, 0.717) is 18.2 Å². The number of hydrogen-bond acceptors (Lipinski definition) is 4. The third-order valence-electron chi connectivity index (χ3n) is 7.95. The van der Waals surface area contributed by atoms with E-state index in [-0.39, 0.29) is 32.4 Å². The quantitative estimate of drug-likeness (QED) is 0.237. The van der Waals surface area contributed by atoms with Gasteiger partial charge < -0.3 is 4.43 Å². The predicted octanol–water partition coefficient (Wildman–Crippen LogP) is 5.89. The van der Waals surface area contributed by atoms with Gasteiger partial charge in [-0.25, -0.2) is 14.2 Å². The van der Waals surface area contributed by atoms with E-state index in [0.717, 1.165) is 23.2 Å². The summed E-state index contributed by atoms with van der Waals surface area (Å²) in [4.78, 5) is 32.7. The first-order valence-electron chi connectivity index (χ1n) is 14.0. The van der Waals surface area contributed by atoms with Crippen LogP contribution < -0.4 is 26.0 Å². The van der Waals surface area contributed by atoms with E-state index in [1.54, 1.807) is 12.1 Å². The summed E-state index contributed by atoms with van der Waals surface area (Å²) in [7, 11) is -3.14. The van der Waals surface area contributed by atoms with Gasteiger partial charge in [0.2, 0.25) is 0 Å². The van der Waals surface area contributed by atoms with Crippen molar-refractivity contribution in [2.75, 3.05) is 0 Å². The van der Waals surface area contributed by atoms with Gasteiger partial charge in [-0.3, -0.25) is 14.3 Å². The SMILES string of the molecule is CC(C)(C)[Si](Oc1cccc(F)c1-c1nc2c(cc1Cl)c(=O)[nH]c(=O)n2CC1CC1)(c1ccccc1)c1ccccc1. The van der Waals surface area contributed by atoms with Crippen LogP contribution in [0.1, 0.15) is 33.6 Å². The Morgan fingerprint density at radius 1 is 0.976 bits per heavy atom. The van der Waals surface area contributed by atoms with Gasteiger partial charge in [0.05, 0.1) is 21.7 Å². The second kappa shape index (κ2) is 10.7. The van der Waals surface area contributed by atoms with Gasteiger partial charge in [-0.05, 0) is 52.4 Å².